The van der Waals surface area contributed by atoms with E-state index >= 15 is 0 Å². The number of benzene rings is 3. The largest absolute Gasteiger partial charge is 0.454 e. The number of ketones is 1. The Morgan fingerprint density at radius 2 is 1.87 bits per heavy atom. The van der Waals surface area contributed by atoms with E-state index in [1.54, 1.807) is 30.3 Å². The molecular weight excluding hydrogens is 468 g/mol. The third-order valence-corrected chi connectivity index (χ3v) is 5.69. The van der Waals surface area contributed by atoms with Crippen LogP contribution in [0.4, 0.5) is 0 Å². The number of hydrogen-bond donors (Lipinski definition) is 1. The summed E-state index contributed by atoms with van der Waals surface area (Å²) < 4.78 is 11.7. The average molecular weight is 482 g/mol. The van der Waals surface area contributed by atoms with E-state index in [0.717, 1.165) is 21.1 Å². The van der Waals surface area contributed by atoms with Gasteiger partial charge in [-0.25, -0.2) is 4.98 Å². The normalized spacial score (nSPS) is 13.1. The number of H-pyrrole nitrogens is 1. The van der Waals surface area contributed by atoms with E-state index in [1.807, 2.05) is 36.4 Å². The number of aromatic amines is 1. The fourth-order valence-corrected chi connectivity index (χ4v) is 3.93. The third-order valence-electron chi connectivity index (χ3n) is 4.77. The Kier molecular flexibility index (Phi) is 4.81. The summed E-state index contributed by atoms with van der Waals surface area (Å²) in [6, 6.07) is 18.2. The maximum atomic E-state index is 13.5. The second kappa shape index (κ2) is 7.63. The van der Waals surface area contributed by atoms with E-state index in [4.69, 9.17) is 21.1 Å². The monoisotopic (exact) mass is 480 g/mol. The second-order valence-electron chi connectivity index (χ2n) is 6.73. The molecule has 7 heteroatoms. The summed E-state index contributed by atoms with van der Waals surface area (Å²) in [5, 5.41) is 0.495. The number of halogens is 2. The lowest BCUT2D eigenvalue weighted by Crippen LogP contribution is -2.04. The summed E-state index contributed by atoms with van der Waals surface area (Å²) in [4.78, 5) is 21.3. The number of aromatic nitrogens is 2. The Hall–Kier alpha value is -3.09. The predicted octanol–water partition coefficient (Wildman–Crippen LogP) is 6.13. The topological polar surface area (TPSA) is 64.2 Å². The highest BCUT2D eigenvalue weighted by Gasteiger charge is 2.21. The number of rotatable bonds is 4. The molecule has 30 heavy (non-hydrogen) atoms. The summed E-state index contributed by atoms with van der Waals surface area (Å²) in [7, 11) is 0. The van der Waals surface area contributed by atoms with Crippen molar-refractivity contribution in [3.8, 4) is 11.5 Å². The van der Waals surface area contributed by atoms with Crippen molar-refractivity contribution >= 4 is 56.0 Å². The molecule has 0 amide bonds. The summed E-state index contributed by atoms with van der Waals surface area (Å²) in [6.07, 6.45) is 1.78. The van der Waals surface area contributed by atoms with Crippen molar-refractivity contribution in [3.05, 3.63) is 87.1 Å². The Morgan fingerprint density at radius 3 is 2.67 bits per heavy atom. The number of nitrogens with zero attached hydrogens (tertiary/aromatic N) is 1. The molecule has 1 N–H and O–H groups in total. The van der Waals surface area contributed by atoms with Crippen LogP contribution in [0, 0.1) is 0 Å². The molecule has 1 aliphatic rings. The van der Waals surface area contributed by atoms with Crippen molar-refractivity contribution in [1.82, 2.24) is 9.97 Å². The maximum absolute atomic E-state index is 13.5. The smallest absolute Gasteiger partial charge is 0.231 e. The van der Waals surface area contributed by atoms with E-state index in [0.29, 0.717) is 33.5 Å². The molecule has 3 aromatic carbocycles. The van der Waals surface area contributed by atoms with Crippen LogP contribution in [-0.2, 0) is 0 Å². The molecule has 1 aromatic heterocycles. The van der Waals surface area contributed by atoms with E-state index in [9.17, 15) is 4.79 Å². The van der Waals surface area contributed by atoms with Crippen molar-refractivity contribution in [1.29, 1.82) is 0 Å². The SMILES string of the molecule is O=C(/C(=C/c1cc2c(cc1Br)OCO2)c1nc2ccccc2[nH]1)c1cccc(Cl)c1. The summed E-state index contributed by atoms with van der Waals surface area (Å²) >= 11 is 9.68. The van der Waals surface area contributed by atoms with E-state index in [-0.39, 0.29) is 12.6 Å². The van der Waals surface area contributed by atoms with Crippen LogP contribution in [0.25, 0.3) is 22.7 Å². The number of Topliss-reactive ketones (excluding diaryl/α,β-unsaturated/α-hetero) is 1. The van der Waals surface area contributed by atoms with Crippen molar-refractivity contribution in [2.24, 2.45) is 0 Å². The molecule has 0 atom stereocenters. The molecule has 0 fully saturated rings. The minimum atomic E-state index is -0.193. The van der Waals surface area contributed by atoms with Gasteiger partial charge in [-0.1, -0.05) is 51.8 Å². The van der Waals surface area contributed by atoms with Crippen LogP contribution >= 0.6 is 27.5 Å². The first-order valence-electron chi connectivity index (χ1n) is 9.15. The van der Waals surface area contributed by atoms with Gasteiger partial charge in [0.1, 0.15) is 5.82 Å². The average Bonchev–Trinajstić information content (AvgIpc) is 3.37. The number of para-hydroxylation sites is 2. The van der Waals surface area contributed by atoms with Crippen molar-refractivity contribution in [2.45, 2.75) is 0 Å². The zero-order chi connectivity index (χ0) is 20.7. The molecule has 148 valence electrons. The quantitative estimate of drug-likeness (QED) is 0.281. The lowest BCUT2D eigenvalue weighted by molar-refractivity contribution is 0.105. The standard InChI is InChI=1S/C23H14BrClN2O3/c24-17-11-21-20(29-12-30-21)10-14(17)9-16(22(28)13-4-3-5-15(25)8-13)23-26-18-6-1-2-7-19(18)27-23/h1-11H,12H2,(H,26,27)/b16-9-. The highest BCUT2D eigenvalue weighted by molar-refractivity contribution is 9.10. The van der Waals surface area contributed by atoms with E-state index in [1.165, 1.54) is 0 Å². The van der Waals surface area contributed by atoms with Gasteiger partial charge in [-0.2, -0.15) is 0 Å². The molecule has 5 nitrogen and oxygen atoms in total. The first-order chi connectivity index (χ1) is 14.6. The zero-order valence-corrected chi connectivity index (χ0v) is 17.8. The molecule has 0 saturated carbocycles. The van der Waals surface area contributed by atoms with Crippen molar-refractivity contribution in [3.63, 3.8) is 0 Å². The van der Waals surface area contributed by atoms with Crippen LogP contribution in [-0.4, -0.2) is 22.5 Å². The van der Waals surface area contributed by atoms with Gasteiger partial charge >= 0.3 is 0 Å². The first-order valence-corrected chi connectivity index (χ1v) is 10.3. The van der Waals surface area contributed by atoms with Gasteiger partial charge in [-0.3, -0.25) is 4.79 Å². The predicted molar refractivity (Wildman–Crippen MR) is 120 cm³/mol. The van der Waals surface area contributed by atoms with Crippen LogP contribution in [0.5, 0.6) is 11.5 Å². The molecule has 0 unspecified atom stereocenters. The molecule has 0 saturated heterocycles. The molecular formula is C23H14BrClN2O3. The number of carbonyl (C=O) groups excluding carboxylic acids is 1. The molecule has 0 aliphatic carbocycles. The molecule has 5 rings (SSSR count). The highest BCUT2D eigenvalue weighted by Crippen LogP contribution is 2.38. The fraction of sp³-hybridized carbons (Fsp3) is 0.0435. The minimum absolute atomic E-state index is 0.173. The summed E-state index contributed by atoms with van der Waals surface area (Å²) in [6.45, 7) is 0.173. The number of hydrogen-bond acceptors (Lipinski definition) is 4. The van der Waals surface area contributed by atoms with Crippen LogP contribution < -0.4 is 9.47 Å². The zero-order valence-electron chi connectivity index (χ0n) is 15.5. The number of allylic oxidation sites excluding steroid dienone is 1. The van der Waals surface area contributed by atoms with Gasteiger partial charge in [-0.15, -0.1) is 0 Å². The van der Waals surface area contributed by atoms with Crippen LogP contribution in [0.1, 0.15) is 21.7 Å². The van der Waals surface area contributed by atoms with Crippen LogP contribution in [0.15, 0.2) is 65.1 Å². The molecule has 0 bridgehead atoms. The maximum Gasteiger partial charge on any atom is 0.231 e. The van der Waals surface area contributed by atoms with Gasteiger partial charge in [0.2, 0.25) is 6.79 Å². The number of fused-ring (bicyclic) bond motifs is 2. The number of ether oxygens (including phenoxy) is 2. The first kappa shape index (κ1) is 18.9. The second-order valence-corrected chi connectivity index (χ2v) is 8.02. The van der Waals surface area contributed by atoms with Gasteiger partial charge in [0.25, 0.3) is 0 Å². The number of nitrogens with one attached hydrogen (secondary N) is 1. The van der Waals surface area contributed by atoms with Crippen molar-refractivity contribution in [2.75, 3.05) is 6.79 Å². The van der Waals surface area contributed by atoms with Gasteiger partial charge in [0.15, 0.2) is 17.3 Å². The Morgan fingerprint density at radius 1 is 1.07 bits per heavy atom. The van der Waals surface area contributed by atoms with Crippen LogP contribution in [0.3, 0.4) is 0 Å². The summed E-state index contributed by atoms with van der Waals surface area (Å²) in [5.41, 5.74) is 3.29. The lowest BCUT2D eigenvalue weighted by Gasteiger charge is -2.07. The minimum Gasteiger partial charge on any atom is -0.454 e. The number of imidazole rings is 1. The van der Waals surface area contributed by atoms with Gasteiger partial charge in [-0.05, 0) is 48.0 Å². The molecule has 0 radical (unpaired) electrons. The van der Waals surface area contributed by atoms with Crippen molar-refractivity contribution < 1.29 is 14.3 Å². The Balaban J connectivity index is 1.68. The van der Waals surface area contributed by atoms with Gasteiger partial charge in [0.05, 0.1) is 16.6 Å². The number of carbonyl (C=O) groups is 1. The molecule has 4 aromatic rings. The van der Waals surface area contributed by atoms with Gasteiger partial charge in [0, 0.05) is 15.1 Å². The fourth-order valence-electron chi connectivity index (χ4n) is 3.31. The Bertz CT molecular complexity index is 1300. The highest BCUT2D eigenvalue weighted by atomic mass is 79.9. The molecule has 2 heterocycles. The summed E-state index contributed by atoms with van der Waals surface area (Å²) in [5.74, 6) is 1.57. The van der Waals surface area contributed by atoms with E-state index < -0.39 is 0 Å². The molecule has 1 aliphatic heterocycles. The molecule has 0 spiro atoms. The van der Waals surface area contributed by atoms with E-state index in [2.05, 4.69) is 25.9 Å². The Labute approximate surface area is 185 Å². The van der Waals surface area contributed by atoms with Crippen LogP contribution in [0.2, 0.25) is 5.02 Å². The van der Waals surface area contributed by atoms with Gasteiger partial charge < -0.3 is 14.5 Å². The lowest BCUT2D eigenvalue weighted by atomic mass is 10.00. The third kappa shape index (κ3) is 3.49.